The van der Waals surface area contributed by atoms with E-state index >= 15 is 0 Å². The zero-order chi connectivity index (χ0) is 20.4. The van der Waals surface area contributed by atoms with E-state index in [-0.39, 0.29) is 30.0 Å². The summed E-state index contributed by atoms with van der Waals surface area (Å²) in [5, 5.41) is 57.8. The molecule has 8 heteroatoms. The van der Waals surface area contributed by atoms with E-state index in [1.165, 1.54) is 0 Å². The lowest BCUT2D eigenvalue weighted by atomic mass is 9.63. The van der Waals surface area contributed by atoms with Crippen molar-refractivity contribution in [1.82, 2.24) is 0 Å². The molecule has 158 valence electrons. The van der Waals surface area contributed by atoms with Crippen LogP contribution in [0.25, 0.3) is 0 Å². The Balaban J connectivity index is 2.04. The van der Waals surface area contributed by atoms with Gasteiger partial charge in [-0.15, -0.1) is 0 Å². The summed E-state index contributed by atoms with van der Waals surface area (Å²) in [5.74, 6) is 0.388. The van der Waals surface area contributed by atoms with Gasteiger partial charge in [0.15, 0.2) is 6.29 Å². The van der Waals surface area contributed by atoms with Crippen LogP contribution in [0, 0.1) is 17.3 Å². The van der Waals surface area contributed by atoms with Crippen molar-refractivity contribution in [2.45, 2.75) is 76.5 Å². The maximum atomic E-state index is 10.2. The Hall–Kier alpha value is -0.580. The minimum atomic E-state index is -1.45. The van der Waals surface area contributed by atoms with E-state index in [2.05, 4.69) is 20.8 Å². The Morgan fingerprint density at radius 2 is 1.81 bits per heavy atom. The van der Waals surface area contributed by atoms with Crippen LogP contribution in [0.3, 0.4) is 0 Å². The Morgan fingerprint density at radius 1 is 1.15 bits per heavy atom. The topological polar surface area (TPSA) is 140 Å². The molecule has 27 heavy (non-hydrogen) atoms. The molecule has 9 atom stereocenters. The number of rotatable bonds is 6. The second kappa shape index (κ2) is 9.28. The Morgan fingerprint density at radius 3 is 2.37 bits per heavy atom. The van der Waals surface area contributed by atoms with E-state index < -0.39 is 43.4 Å². The van der Waals surface area contributed by atoms with Crippen LogP contribution < -0.4 is 0 Å². The zero-order valence-electron chi connectivity index (χ0n) is 16.2. The van der Waals surface area contributed by atoms with Crippen LogP contribution >= 0.6 is 0 Å². The molecular weight excluding hydrogens is 356 g/mol. The van der Waals surface area contributed by atoms with Gasteiger partial charge in [0.05, 0.1) is 25.4 Å². The molecule has 2 rings (SSSR count). The molecule has 2 fully saturated rings. The predicted octanol–water partition coefficient (Wildman–Crippen LogP) is -0.847. The van der Waals surface area contributed by atoms with E-state index in [9.17, 15) is 25.5 Å². The Kier molecular flexibility index (Phi) is 7.80. The number of allylic oxidation sites excluding steroid dienone is 1. The van der Waals surface area contributed by atoms with Crippen molar-refractivity contribution in [3.8, 4) is 0 Å². The van der Waals surface area contributed by atoms with Gasteiger partial charge in [0, 0.05) is 0 Å². The lowest BCUT2D eigenvalue weighted by molar-refractivity contribution is -0.316. The molecule has 8 nitrogen and oxygen atoms in total. The fourth-order valence-corrected chi connectivity index (χ4v) is 4.37. The van der Waals surface area contributed by atoms with Crippen LogP contribution in [0.5, 0.6) is 0 Å². The third kappa shape index (κ3) is 5.27. The number of aliphatic hydroxyl groups is 6. The molecule has 1 saturated heterocycles. The van der Waals surface area contributed by atoms with Gasteiger partial charge in [-0.05, 0) is 30.1 Å². The summed E-state index contributed by atoms with van der Waals surface area (Å²) >= 11 is 0. The minimum absolute atomic E-state index is 0.165. The van der Waals surface area contributed by atoms with Crippen molar-refractivity contribution in [3.63, 3.8) is 0 Å². The van der Waals surface area contributed by atoms with Gasteiger partial charge < -0.3 is 40.1 Å². The summed E-state index contributed by atoms with van der Waals surface area (Å²) in [5.41, 5.74) is -0.165. The molecule has 6 N–H and O–H groups in total. The molecule has 1 aliphatic carbocycles. The first-order chi connectivity index (χ1) is 12.6. The largest absolute Gasteiger partial charge is 0.394 e. The first kappa shape index (κ1) is 22.7. The molecule has 0 unspecified atom stereocenters. The van der Waals surface area contributed by atoms with Crippen LogP contribution in [0.15, 0.2) is 12.2 Å². The van der Waals surface area contributed by atoms with Crippen molar-refractivity contribution in [3.05, 3.63) is 12.2 Å². The summed E-state index contributed by atoms with van der Waals surface area (Å²) in [7, 11) is 0. The number of hydrogen-bond acceptors (Lipinski definition) is 8. The molecule has 0 aromatic carbocycles. The van der Waals surface area contributed by atoms with Gasteiger partial charge in [0.1, 0.15) is 24.4 Å². The highest BCUT2D eigenvalue weighted by molar-refractivity contribution is 5.04. The fourth-order valence-electron chi connectivity index (χ4n) is 4.37. The van der Waals surface area contributed by atoms with E-state index in [0.29, 0.717) is 12.8 Å². The standard InChI is InChI=1S/C19H34O8/c1-10-6-12(7-19(2,3)13(10)5-4-11(22)8-20)26-18-17(25)16(24)15(23)14(9-21)27-18/h4-5,10-18,20-25H,6-9H2,1-3H3/t10-,11+,12+,13-,14-,15-,16+,17-,18-/m1/s1. The summed E-state index contributed by atoms with van der Waals surface area (Å²) in [6.07, 6.45) is -2.59. The highest BCUT2D eigenvalue weighted by Gasteiger charge is 2.47. The van der Waals surface area contributed by atoms with E-state index in [0.717, 1.165) is 0 Å². The maximum absolute atomic E-state index is 10.2. The van der Waals surface area contributed by atoms with E-state index in [1.807, 2.05) is 6.08 Å². The SMILES string of the molecule is C[C@@H]1C[C@H](O[C@@H]2O[C@H](CO)[C@@H](O)[C@H](O)[C@H]2O)CC(C)(C)[C@@H]1C=C[C@H](O)CO. The molecule has 0 bridgehead atoms. The number of aliphatic hydroxyl groups excluding tert-OH is 6. The van der Waals surface area contributed by atoms with Crippen LogP contribution in [0.2, 0.25) is 0 Å². The molecule has 0 aromatic rings. The number of hydrogen-bond donors (Lipinski definition) is 6. The second-order valence-electron chi connectivity index (χ2n) is 8.52. The first-order valence-electron chi connectivity index (χ1n) is 9.54. The van der Waals surface area contributed by atoms with Gasteiger partial charge in [-0.1, -0.05) is 32.9 Å². The maximum Gasteiger partial charge on any atom is 0.186 e. The lowest BCUT2D eigenvalue weighted by Gasteiger charge is -2.47. The smallest absolute Gasteiger partial charge is 0.186 e. The summed E-state index contributed by atoms with van der Waals surface area (Å²) < 4.78 is 11.4. The Labute approximate surface area is 160 Å². The zero-order valence-corrected chi connectivity index (χ0v) is 16.2. The average Bonchev–Trinajstić information content (AvgIpc) is 2.60. The van der Waals surface area contributed by atoms with Crippen molar-refractivity contribution < 1.29 is 40.1 Å². The molecule has 0 spiro atoms. The monoisotopic (exact) mass is 390 g/mol. The predicted molar refractivity (Wildman–Crippen MR) is 96.5 cm³/mol. The molecule has 1 heterocycles. The van der Waals surface area contributed by atoms with Gasteiger partial charge in [-0.2, -0.15) is 0 Å². The summed E-state index contributed by atoms with van der Waals surface area (Å²) in [6.45, 7) is 5.45. The van der Waals surface area contributed by atoms with Crippen LogP contribution in [-0.4, -0.2) is 86.8 Å². The van der Waals surface area contributed by atoms with Crippen molar-refractivity contribution in [2.24, 2.45) is 17.3 Å². The minimum Gasteiger partial charge on any atom is -0.394 e. The number of ether oxygens (including phenoxy) is 2. The third-order valence-electron chi connectivity index (χ3n) is 5.81. The van der Waals surface area contributed by atoms with Gasteiger partial charge >= 0.3 is 0 Å². The molecule has 0 aromatic heterocycles. The van der Waals surface area contributed by atoms with Gasteiger partial charge in [0.25, 0.3) is 0 Å². The lowest BCUT2D eigenvalue weighted by Crippen LogP contribution is -2.60. The molecule has 1 aliphatic heterocycles. The van der Waals surface area contributed by atoms with Crippen LogP contribution in [-0.2, 0) is 9.47 Å². The van der Waals surface area contributed by atoms with Crippen LogP contribution in [0.4, 0.5) is 0 Å². The van der Waals surface area contributed by atoms with Gasteiger partial charge in [-0.3, -0.25) is 0 Å². The van der Waals surface area contributed by atoms with Crippen LogP contribution in [0.1, 0.15) is 33.6 Å². The normalized spacial score (nSPS) is 43.7. The van der Waals surface area contributed by atoms with Crippen molar-refractivity contribution >= 4 is 0 Å². The first-order valence-corrected chi connectivity index (χ1v) is 9.54. The van der Waals surface area contributed by atoms with E-state index in [4.69, 9.17) is 14.6 Å². The second-order valence-corrected chi connectivity index (χ2v) is 8.52. The molecule has 0 radical (unpaired) electrons. The van der Waals surface area contributed by atoms with Gasteiger partial charge in [0.2, 0.25) is 0 Å². The van der Waals surface area contributed by atoms with Crippen molar-refractivity contribution in [2.75, 3.05) is 13.2 Å². The molecular formula is C19H34O8. The summed E-state index contributed by atoms with van der Waals surface area (Å²) in [4.78, 5) is 0. The van der Waals surface area contributed by atoms with Crippen molar-refractivity contribution in [1.29, 1.82) is 0 Å². The summed E-state index contributed by atoms with van der Waals surface area (Å²) in [6, 6.07) is 0. The fraction of sp³-hybridized carbons (Fsp3) is 0.895. The quantitative estimate of drug-likeness (QED) is 0.323. The third-order valence-corrected chi connectivity index (χ3v) is 5.81. The Bertz CT molecular complexity index is 494. The van der Waals surface area contributed by atoms with E-state index in [1.54, 1.807) is 6.08 Å². The highest BCUT2D eigenvalue weighted by Crippen LogP contribution is 2.46. The average molecular weight is 390 g/mol. The highest BCUT2D eigenvalue weighted by atomic mass is 16.7. The van der Waals surface area contributed by atoms with Gasteiger partial charge in [-0.25, -0.2) is 0 Å². The molecule has 0 amide bonds. The molecule has 1 saturated carbocycles. The molecule has 2 aliphatic rings.